The Balaban J connectivity index is 2.79. The van der Waals surface area contributed by atoms with Gasteiger partial charge in [0.1, 0.15) is 5.69 Å². The molecule has 0 saturated heterocycles. The molecule has 0 radical (unpaired) electrons. The van der Waals surface area contributed by atoms with Crippen LogP contribution in [-0.2, 0) is 4.79 Å². The normalized spacial score (nSPS) is 10.5. The van der Waals surface area contributed by atoms with Crippen molar-refractivity contribution in [3.05, 3.63) is 28.5 Å². The molecule has 1 rings (SSSR count). The fourth-order valence-electron chi connectivity index (χ4n) is 1.67. The number of halogens is 1. The first-order valence-corrected chi connectivity index (χ1v) is 6.86. The molecule has 1 aromatic heterocycles. The van der Waals surface area contributed by atoms with Crippen LogP contribution in [0, 0.1) is 0 Å². The van der Waals surface area contributed by atoms with E-state index in [4.69, 9.17) is 5.11 Å². The molecule has 1 heterocycles. The van der Waals surface area contributed by atoms with Crippen LogP contribution < -0.4 is 0 Å². The van der Waals surface area contributed by atoms with E-state index in [1.807, 2.05) is 13.8 Å². The van der Waals surface area contributed by atoms with Gasteiger partial charge in [-0.05, 0) is 48.3 Å². The second kappa shape index (κ2) is 7.23. The molecule has 1 N–H and O–H groups in total. The first-order valence-electron chi connectivity index (χ1n) is 6.06. The summed E-state index contributed by atoms with van der Waals surface area (Å²) < 4.78 is 0.642. The summed E-state index contributed by atoms with van der Waals surface area (Å²) in [6, 6.07) is 3.50. The molecule has 0 aliphatic heterocycles. The van der Waals surface area contributed by atoms with Gasteiger partial charge in [0.2, 0.25) is 0 Å². The quantitative estimate of drug-likeness (QED) is 0.871. The van der Waals surface area contributed by atoms with E-state index in [-0.39, 0.29) is 18.4 Å². The molecular formula is C13H17BrN2O3. The zero-order valence-corrected chi connectivity index (χ0v) is 12.6. The summed E-state index contributed by atoms with van der Waals surface area (Å²) in [5.74, 6) is -1.04. The minimum Gasteiger partial charge on any atom is -0.481 e. The lowest BCUT2D eigenvalue weighted by molar-refractivity contribution is -0.137. The topological polar surface area (TPSA) is 70.5 Å². The van der Waals surface area contributed by atoms with Crippen molar-refractivity contribution in [3.8, 4) is 0 Å². The van der Waals surface area contributed by atoms with Crippen molar-refractivity contribution in [1.29, 1.82) is 0 Å². The number of hydrogen-bond acceptors (Lipinski definition) is 3. The van der Waals surface area contributed by atoms with Crippen molar-refractivity contribution in [2.24, 2.45) is 0 Å². The van der Waals surface area contributed by atoms with Gasteiger partial charge in [-0.15, -0.1) is 0 Å². The number of carbonyl (C=O) groups is 2. The van der Waals surface area contributed by atoms with Crippen LogP contribution in [-0.4, -0.2) is 39.5 Å². The highest BCUT2D eigenvalue weighted by Gasteiger charge is 2.21. The van der Waals surface area contributed by atoms with Gasteiger partial charge in [-0.1, -0.05) is 0 Å². The average Bonchev–Trinajstić information content (AvgIpc) is 2.33. The zero-order valence-electron chi connectivity index (χ0n) is 11.0. The number of carbonyl (C=O) groups excluding carboxylic acids is 1. The molecule has 0 unspecified atom stereocenters. The van der Waals surface area contributed by atoms with Gasteiger partial charge in [0, 0.05) is 29.7 Å². The van der Waals surface area contributed by atoms with Crippen LogP contribution in [0.4, 0.5) is 0 Å². The van der Waals surface area contributed by atoms with E-state index in [0.717, 1.165) is 0 Å². The second-order valence-corrected chi connectivity index (χ2v) is 5.28. The van der Waals surface area contributed by atoms with E-state index in [1.54, 1.807) is 23.2 Å². The minimum absolute atomic E-state index is 0.00444. The van der Waals surface area contributed by atoms with Crippen molar-refractivity contribution in [3.63, 3.8) is 0 Å². The van der Waals surface area contributed by atoms with Crippen molar-refractivity contribution >= 4 is 27.8 Å². The number of rotatable bonds is 6. The summed E-state index contributed by atoms with van der Waals surface area (Å²) in [5.41, 5.74) is 0.353. The van der Waals surface area contributed by atoms with Crippen LogP contribution in [0.2, 0.25) is 0 Å². The summed E-state index contributed by atoms with van der Waals surface area (Å²) in [6.07, 6.45) is 2.05. The van der Waals surface area contributed by atoms with E-state index >= 15 is 0 Å². The molecule has 0 spiro atoms. The molecule has 19 heavy (non-hydrogen) atoms. The summed E-state index contributed by atoms with van der Waals surface area (Å²) in [6.45, 7) is 4.21. The number of pyridine rings is 1. The molecule has 104 valence electrons. The van der Waals surface area contributed by atoms with Gasteiger partial charge in [0.15, 0.2) is 0 Å². The molecule has 6 heteroatoms. The fourth-order valence-corrected chi connectivity index (χ4v) is 2.10. The maximum atomic E-state index is 12.4. The van der Waals surface area contributed by atoms with Crippen molar-refractivity contribution in [1.82, 2.24) is 9.88 Å². The molecule has 0 aliphatic rings. The zero-order chi connectivity index (χ0) is 14.4. The molecule has 5 nitrogen and oxygen atoms in total. The highest BCUT2D eigenvalue weighted by atomic mass is 79.9. The SMILES string of the molecule is CC(C)N(CCCC(=O)O)C(=O)c1ncccc1Br. The van der Waals surface area contributed by atoms with Gasteiger partial charge >= 0.3 is 5.97 Å². The molecule has 0 atom stereocenters. The summed E-state index contributed by atoms with van der Waals surface area (Å²) in [4.78, 5) is 28.6. The lowest BCUT2D eigenvalue weighted by Crippen LogP contribution is -2.38. The number of aromatic nitrogens is 1. The molecule has 0 aromatic carbocycles. The smallest absolute Gasteiger partial charge is 0.303 e. The Kier molecular flexibility index (Phi) is 5.95. The van der Waals surface area contributed by atoms with Crippen LogP contribution in [0.15, 0.2) is 22.8 Å². The Hall–Kier alpha value is -1.43. The van der Waals surface area contributed by atoms with Gasteiger partial charge in [0.25, 0.3) is 5.91 Å². The van der Waals surface area contributed by atoms with Crippen LogP contribution in [0.1, 0.15) is 37.2 Å². The third kappa shape index (κ3) is 4.63. The van der Waals surface area contributed by atoms with Crippen LogP contribution in [0.5, 0.6) is 0 Å². The number of nitrogens with zero attached hydrogens (tertiary/aromatic N) is 2. The largest absolute Gasteiger partial charge is 0.481 e. The van der Waals surface area contributed by atoms with Gasteiger partial charge < -0.3 is 10.0 Å². The number of carboxylic acid groups (broad SMARTS) is 1. The minimum atomic E-state index is -0.852. The monoisotopic (exact) mass is 328 g/mol. The van der Waals surface area contributed by atoms with E-state index in [9.17, 15) is 9.59 Å². The third-order valence-electron chi connectivity index (χ3n) is 2.63. The van der Waals surface area contributed by atoms with E-state index in [2.05, 4.69) is 20.9 Å². The first-order chi connectivity index (χ1) is 8.93. The second-order valence-electron chi connectivity index (χ2n) is 4.42. The lowest BCUT2D eigenvalue weighted by Gasteiger charge is -2.26. The molecule has 1 amide bonds. The standard InChI is InChI=1S/C13H17BrN2O3/c1-9(2)16(8-4-6-11(17)18)13(19)12-10(14)5-3-7-15-12/h3,5,7,9H,4,6,8H2,1-2H3,(H,17,18). The number of amides is 1. The predicted octanol–water partition coefficient (Wildman–Crippen LogP) is 2.56. The Bertz CT molecular complexity index is 463. The van der Waals surface area contributed by atoms with Gasteiger partial charge in [0.05, 0.1) is 0 Å². The highest BCUT2D eigenvalue weighted by molar-refractivity contribution is 9.10. The summed E-state index contributed by atoms with van der Waals surface area (Å²) in [5, 5.41) is 8.64. The van der Waals surface area contributed by atoms with Crippen molar-refractivity contribution < 1.29 is 14.7 Å². The fraction of sp³-hybridized carbons (Fsp3) is 0.462. The number of carboxylic acids is 1. The molecular weight excluding hydrogens is 312 g/mol. The Morgan fingerprint density at radius 2 is 2.16 bits per heavy atom. The number of aliphatic carboxylic acids is 1. The molecule has 0 bridgehead atoms. The molecule has 0 saturated carbocycles. The Labute approximate surface area is 120 Å². The lowest BCUT2D eigenvalue weighted by atomic mass is 10.2. The molecule has 1 aromatic rings. The maximum absolute atomic E-state index is 12.4. The van der Waals surface area contributed by atoms with Crippen LogP contribution >= 0.6 is 15.9 Å². The number of hydrogen-bond donors (Lipinski definition) is 1. The van der Waals surface area contributed by atoms with Crippen LogP contribution in [0.3, 0.4) is 0 Å². The first kappa shape index (κ1) is 15.6. The molecule has 0 fully saturated rings. The average molecular weight is 329 g/mol. The van der Waals surface area contributed by atoms with Gasteiger partial charge in [-0.25, -0.2) is 4.98 Å². The summed E-state index contributed by atoms with van der Waals surface area (Å²) in [7, 11) is 0. The Morgan fingerprint density at radius 3 is 2.68 bits per heavy atom. The van der Waals surface area contributed by atoms with Crippen LogP contribution in [0.25, 0.3) is 0 Å². The maximum Gasteiger partial charge on any atom is 0.303 e. The van der Waals surface area contributed by atoms with Crippen molar-refractivity contribution in [2.45, 2.75) is 32.7 Å². The van der Waals surface area contributed by atoms with Gasteiger partial charge in [-0.2, -0.15) is 0 Å². The third-order valence-corrected chi connectivity index (χ3v) is 3.27. The summed E-state index contributed by atoms with van der Waals surface area (Å²) >= 11 is 3.30. The van der Waals surface area contributed by atoms with E-state index in [0.29, 0.717) is 23.1 Å². The highest BCUT2D eigenvalue weighted by Crippen LogP contribution is 2.17. The van der Waals surface area contributed by atoms with E-state index in [1.165, 1.54) is 0 Å². The predicted molar refractivity (Wildman–Crippen MR) is 75.0 cm³/mol. The van der Waals surface area contributed by atoms with Gasteiger partial charge in [-0.3, -0.25) is 9.59 Å². The van der Waals surface area contributed by atoms with E-state index < -0.39 is 5.97 Å². The molecule has 0 aliphatic carbocycles. The Morgan fingerprint density at radius 1 is 1.47 bits per heavy atom. The van der Waals surface area contributed by atoms with Crippen molar-refractivity contribution in [2.75, 3.05) is 6.54 Å².